The Bertz CT molecular complexity index is 1870. The third kappa shape index (κ3) is 6.19. The molecule has 0 bridgehead atoms. The predicted molar refractivity (Wildman–Crippen MR) is 163 cm³/mol. The molecule has 2 unspecified atom stereocenters. The molecule has 18 nitrogen and oxygen atoms in total. The molecular formula is C20H23F2N10O8P2S3+. The number of aromatic amines is 1. The van der Waals surface area contributed by atoms with Gasteiger partial charge in [-0.25, -0.2) is 28.7 Å². The number of hydrogen-bond acceptors (Lipinski definition) is 16. The molecule has 4 aromatic rings. The van der Waals surface area contributed by atoms with E-state index in [0.29, 0.717) is 0 Å². The highest BCUT2D eigenvalue weighted by atomic mass is 32.9. The van der Waals surface area contributed by atoms with Gasteiger partial charge in [-0.3, -0.25) is 18.9 Å². The Morgan fingerprint density at radius 1 is 1.07 bits per heavy atom. The van der Waals surface area contributed by atoms with Gasteiger partial charge in [-0.1, -0.05) is 12.2 Å². The summed E-state index contributed by atoms with van der Waals surface area (Å²) < 4.78 is 73.9. The molecule has 0 aromatic carbocycles. The van der Waals surface area contributed by atoms with Crippen molar-refractivity contribution in [1.29, 1.82) is 0 Å². The highest BCUT2D eigenvalue weighted by molar-refractivity contribution is 8.60. The molecule has 6 rings (SSSR count). The van der Waals surface area contributed by atoms with Crippen molar-refractivity contribution >= 4 is 83.3 Å². The Hall–Kier alpha value is -2.43. The Labute approximate surface area is 266 Å². The van der Waals surface area contributed by atoms with E-state index in [-0.39, 0.29) is 34.1 Å². The minimum Gasteiger partial charge on any atom is -0.394 e. The number of imidazole rings is 2. The lowest BCUT2D eigenvalue weighted by Crippen LogP contribution is -2.33. The van der Waals surface area contributed by atoms with Gasteiger partial charge in [-0.05, 0) is 16.4 Å². The summed E-state index contributed by atoms with van der Waals surface area (Å²) >= 11 is 13.5. The standard InChI is InChI=1S/C20H22F2N10O8P2S3/c21-8-6(1-33)37-19(32-5-28-11-16(32)29-20(24)30-17(11)34)13(8)40-42(44,45)36-2-7-12(39-41(35)43)9(22)18(38-7)31-4-27-10-14(23)25-3-26-15(10)31/h3-9,12-13,18-19,33H,1-2H2,(H6-,23,24,25,26,29,30,34,35,43,44,45)/p+1/t6-,7-,8-,9+,12-,13-,18-,19-/m1/s1. The van der Waals surface area contributed by atoms with Crippen LogP contribution in [0.4, 0.5) is 20.5 Å². The van der Waals surface area contributed by atoms with E-state index in [9.17, 15) is 14.5 Å². The van der Waals surface area contributed by atoms with Gasteiger partial charge in [0.15, 0.2) is 53.5 Å². The summed E-state index contributed by atoms with van der Waals surface area (Å²) in [5, 5.41) is 9.71. The van der Waals surface area contributed by atoms with E-state index in [0.717, 1.165) is 6.33 Å². The van der Waals surface area contributed by atoms with Crippen LogP contribution in [0.1, 0.15) is 12.5 Å². The quantitative estimate of drug-likeness (QED) is 0.0990. The number of fused-ring (bicyclic) bond motifs is 2. The number of thiol groups is 2. The summed E-state index contributed by atoms with van der Waals surface area (Å²) in [5.74, 6) is -0.173. The molecule has 2 aliphatic heterocycles. The molecule has 0 spiro atoms. The molecule has 6 heterocycles. The first-order valence-electron chi connectivity index (χ1n) is 12.7. The van der Waals surface area contributed by atoms with E-state index in [4.69, 9.17) is 46.3 Å². The first kappa shape index (κ1) is 32.5. The van der Waals surface area contributed by atoms with Crippen molar-refractivity contribution in [3.63, 3.8) is 0 Å². The zero-order valence-electron chi connectivity index (χ0n) is 22.3. The van der Waals surface area contributed by atoms with Crippen LogP contribution in [0.3, 0.4) is 0 Å². The first-order chi connectivity index (χ1) is 21.4. The molecule has 2 aliphatic rings. The number of H-pyrrole nitrogens is 1. The van der Waals surface area contributed by atoms with Crippen molar-refractivity contribution in [1.82, 2.24) is 39.0 Å². The number of alkyl halides is 2. The Balaban J connectivity index is 1.22. The maximum Gasteiger partial charge on any atom is 0.582 e. The van der Waals surface area contributed by atoms with Gasteiger partial charge in [-0.15, -0.1) is 4.52 Å². The van der Waals surface area contributed by atoms with Crippen LogP contribution in [-0.4, -0.2) is 94.1 Å². The van der Waals surface area contributed by atoms with Gasteiger partial charge >= 0.3 is 7.23 Å². The normalized spacial score (nSPS) is 30.3. The molecule has 25 heteroatoms. The van der Waals surface area contributed by atoms with Crippen molar-refractivity contribution in [3.8, 4) is 0 Å². The second kappa shape index (κ2) is 12.6. The Kier molecular flexibility index (Phi) is 9.13. The van der Waals surface area contributed by atoms with Gasteiger partial charge < -0.3 is 35.1 Å². The third-order valence-corrected chi connectivity index (χ3v) is 9.86. The van der Waals surface area contributed by atoms with E-state index in [1.54, 1.807) is 0 Å². The van der Waals surface area contributed by atoms with Gasteiger partial charge in [-0.2, -0.15) is 4.98 Å². The fourth-order valence-corrected chi connectivity index (χ4v) is 7.72. The molecule has 2 fully saturated rings. The summed E-state index contributed by atoms with van der Waals surface area (Å²) in [5.41, 5.74) is 7.34. The first-order valence-corrected chi connectivity index (χ1v) is 18.8. The highest BCUT2D eigenvalue weighted by Crippen LogP contribution is 2.58. The number of nitrogen functional groups attached to an aromatic ring is 2. The lowest BCUT2D eigenvalue weighted by atomic mass is 10.1. The number of aliphatic hydroxyl groups is 1. The molecule has 0 aliphatic carbocycles. The summed E-state index contributed by atoms with van der Waals surface area (Å²) in [6, 6.07) is 0. The molecular weight excluding hydrogens is 704 g/mol. The summed E-state index contributed by atoms with van der Waals surface area (Å²) in [7, 11) is -2.60. The second-order valence-corrected chi connectivity index (χ2v) is 16.6. The van der Waals surface area contributed by atoms with Crippen LogP contribution in [0, 0.1) is 0 Å². The van der Waals surface area contributed by atoms with Crippen LogP contribution < -0.4 is 17.0 Å². The van der Waals surface area contributed by atoms with Crippen LogP contribution in [-0.2, 0) is 39.4 Å². The van der Waals surface area contributed by atoms with Crippen LogP contribution in [0.25, 0.3) is 22.3 Å². The van der Waals surface area contributed by atoms with Crippen molar-refractivity contribution in [2.24, 2.45) is 0 Å². The molecule has 6 N–H and O–H groups in total. The Morgan fingerprint density at radius 2 is 1.76 bits per heavy atom. The maximum absolute atomic E-state index is 15.7. The SMILES string of the molecule is Nc1nc2c(ncn2[C@@H]2O[C@H](CO)[C@@H](F)[C@H]2OP(=S)(S)OC[C@H]2O[C@@H](n3cnc4c(N)ncnc43)[C@@H](F)[C@@H]2O[P+](=O)S)c(=O)[nH]1. The molecule has 0 amide bonds. The van der Waals surface area contributed by atoms with Gasteiger partial charge in [0.05, 0.1) is 25.9 Å². The third-order valence-electron chi connectivity index (χ3n) is 6.97. The number of ether oxygens (including phenoxy) is 2. The number of nitrogens with two attached hydrogens (primary N) is 2. The van der Waals surface area contributed by atoms with E-state index in [1.165, 1.54) is 21.8 Å². The van der Waals surface area contributed by atoms with Crippen LogP contribution in [0.2, 0.25) is 0 Å². The molecule has 0 saturated carbocycles. The summed E-state index contributed by atoms with van der Waals surface area (Å²) in [6.07, 6.45) is -8.65. The fraction of sp³-hybridized carbons (Fsp3) is 0.500. The zero-order chi connectivity index (χ0) is 32.2. The lowest BCUT2D eigenvalue weighted by Gasteiger charge is -2.27. The summed E-state index contributed by atoms with van der Waals surface area (Å²) in [6.45, 7) is -1.24. The van der Waals surface area contributed by atoms with Crippen molar-refractivity contribution in [2.75, 3.05) is 24.7 Å². The molecule has 242 valence electrons. The Morgan fingerprint density at radius 3 is 2.47 bits per heavy atom. The molecule has 2 saturated heterocycles. The van der Waals surface area contributed by atoms with E-state index >= 15 is 8.78 Å². The number of nitrogens with one attached hydrogen (secondary N) is 1. The highest BCUT2D eigenvalue weighted by Gasteiger charge is 2.53. The van der Waals surface area contributed by atoms with Gasteiger partial charge in [0.1, 0.15) is 42.4 Å². The molecule has 45 heavy (non-hydrogen) atoms. The van der Waals surface area contributed by atoms with Crippen molar-refractivity contribution < 1.29 is 41.5 Å². The van der Waals surface area contributed by atoms with E-state index in [2.05, 4.69) is 54.4 Å². The molecule has 10 atom stereocenters. The monoisotopic (exact) mass is 727 g/mol. The van der Waals surface area contributed by atoms with E-state index in [1.807, 2.05) is 0 Å². The van der Waals surface area contributed by atoms with E-state index < -0.39 is 80.9 Å². The maximum atomic E-state index is 15.7. The van der Waals surface area contributed by atoms with Crippen LogP contribution in [0.15, 0.2) is 23.8 Å². The zero-order valence-corrected chi connectivity index (χ0v) is 26.7. The topological polar surface area (TPSA) is 243 Å². The van der Waals surface area contributed by atoms with Gasteiger partial charge in [0.25, 0.3) is 5.56 Å². The largest absolute Gasteiger partial charge is 0.582 e. The van der Waals surface area contributed by atoms with Crippen molar-refractivity contribution in [2.45, 2.75) is 49.2 Å². The number of nitrogens with zero attached hydrogens (tertiary/aromatic N) is 7. The number of aromatic nitrogens is 8. The average Bonchev–Trinajstić information content (AvgIpc) is 3.73. The second-order valence-electron chi connectivity index (χ2n) is 9.70. The van der Waals surface area contributed by atoms with Crippen LogP contribution >= 0.6 is 37.4 Å². The minimum absolute atomic E-state index is 0.0479. The molecule has 0 radical (unpaired) electrons. The number of rotatable bonds is 10. The number of aliphatic hydroxyl groups excluding tert-OH is 1. The summed E-state index contributed by atoms with van der Waals surface area (Å²) in [4.78, 5) is 34.6. The van der Waals surface area contributed by atoms with Gasteiger partial charge in [0, 0.05) is 0 Å². The number of hydrogen-bond donors (Lipinski definition) is 6. The average molecular weight is 728 g/mol. The fourth-order valence-electron chi connectivity index (χ4n) is 5.00. The van der Waals surface area contributed by atoms with Crippen LogP contribution in [0.5, 0.6) is 0 Å². The number of anilines is 2. The number of halogens is 2. The minimum atomic E-state index is -3.72. The lowest BCUT2D eigenvalue weighted by molar-refractivity contribution is -0.0494. The predicted octanol–water partition coefficient (Wildman–Crippen LogP) is 1.12. The smallest absolute Gasteiger partial charge is 0.394 e. The molecule has 4 aromatic heterocycles. The van der Waals surface area contributed by atoms with Gasteiger partial charge in [0.2, 0.25) is 11.6 Å². The van der Waals surface area contributed by atoms with Crippen molar-refractivity contribution in [3.05, 3.63) is 29.3 Å².